The van der Waals surface area contributed by atoms with Gasteiger partial charge in [0, 0.05) is 6.07 Å². The molecular formula is C8H2F5N3O2. The van der Waals surface area contributed by atoms with Crippen molar-refractivity contribution in [1.29, 1.82) is 5.26 Å². The van der Waals surface area contributed by atoms with E-state index in [1.807, 2.05) is 0 Å². The van der Waals surface area contributed by atoms with E-state index in [0.29, 0.717) is 0 Å². The second-order valence-electron chi connectivity index (χ2n) is 2.96. The van der Waals surface area contributed by atoms with Crippen molar-refractivity contribution in [2.24, 2.45) is 0 Å². The van der Waals surface area contributed by atoms with E-state index in [1.54, 1.807) is 0 Å². The summed E-state index contributed by atoms with van der Waals surface area (Å²) in [5, 5.41) is 18.8. The molecule has 96 valence electrons. The summed E-state index contributed by atoms with van der Waals surface area (Å²) in [5.41, 5.74) is -6.00. The normalized spacial score (nSPS) is 11.4. The van der Waals surface area contributed by atoms with Gasteiger partial charge in [-0.25, -0.2) is 13.8 Å². The third kappa shape index (κ3) is 2.50. The molecule has 0 saturated carbocycles. The van der Waals surface area contributed by atoms with E-state index in [2.05, 4.69) is 4.98 Å². The zero-order valence-corrected chi connectivity index (χ0v) is 8.20. The summed E-state index contributed by atoms with van der Waals surface area (Å²) in [7, 11) is 0. The van der Waals surface area contributed by atoms with Gasteiger partial charge in [0.25, 0.3) is 12.1 Å². The highest BCUT2D eigenvalue weighted by molar-refractivity contribution is 5.47. The molecule has 0 spiro atoms. The van der Waals surface area contributed by atoms with Crippen molar-refractivity contribution in [2.75, 3.05) is 0 Å². The minimum Gasteiger partial charge on any atom is -0.258 e. The highest BCUT2D eigenvalue weighted by Crippen LogP contribution is 2.35. The minimum atomic E-state index is -5.15. The van der Waals surface area contributed by atoms with E-state index in [9.17, 15) is 32.1 Å². The van der Waals surface area contributed by atoms with Gasteiger partial charge in [-0.15, -0.1) is 0 Å². The molecule has 0 aliphatic carbocycles. The van der Waals surface area contributed by atoms with Gasteiger partial charge in [-0.3, -0.25) is 10.1 Å². The summed E-state index contributed by atoms with van der Waals surface area (Å²) in [6.45, 7) is 0. The number of nitrogens with zero attached hydrogens (tertiary/aromatic N) is 3. The molecule has 1 aromatic rings. The predicted octanol–water partition coefficient (Wildman–Crippen LogP) is 2.82. The van der Waals surface area contributed by atoms with Gasteiger partial charge in [-0.05, 0) is 0 Å². The first-order chi connectivity index (χ1) is 8.18. The van der Waals surface area contributed by atoms with Crippen molar-refractivity contribution < 1.29 is 26.9 Å². The smallest absolute Gasteiger partial charge is 0.258 e. The van der Waals surface area contributed by atoms with Crippen LogP contribution in [0.4, 0.5) is 27.6 Å². The van der Waals surface area contributed by atoms with Gasteiger partial charge in [-0.2, -0.15) is 18.4 Å². The molecule has 0 aliphatic heterocycles. The molecule has 0 atom stereocenters. The van der Waals surface area contributed by atoms with Crippen LogP contribution in [-0.2, 0) is 6.18 Å². The van der Waals surface area contributed by atoms with E-state index in [-0.39, 0.29) is 6.07 Å². The molecule has 1 rings (SSSR count). The van der Waals surface area contributed by atoms with Crippen LogP contribution in [0.25, 0.3) is 0 Å². The quantitative estimate of drug-likeness (QED) is 0.468. The number of hydrogen-bond acceptors (Lipinski definition) is 4. The molecule has 0 aliphatic rings. The monoisotopic (exact) mass is 267 g/mol. The van der Waals surface area contributed by atoms with Crippen LogP contribution in [0.3, 0.4) is 0 Å². The van der Waals surface area contributed by atoms with Crippen LogP contribution in [0.5, 0.6) is 0 Å². The lowest BCUT2D eigenvalue weighted by molar-refractivity contribution is -0.386. The number of hydrogen-bond donors (Lipinski definition) is 0. The lowest BCUT2D eigenvalue weighted by Crippen LogP contribution is -2.14. The number of alkyl halides is 5. The summed E-state index contributed by atoms with van der Waals surface area (Å²) < 4.78 is 61.9. The number of nitro groups is 1. The molecule has 0 saturated heterocycles. The topological polar surface area (TPSA) is 79.8 Å². The third-order valence-corrected chi connectivity index (χ3v) is 1.82. The minimum absolute atomic E-state index is 0.136. The maximum atomic E-state index is 12.4. The summed E-state index contributed by atoms with van der Waals surface area (Å²) in [6, 6.07) is 1.17. The molecule has 0 fully saturated rings. The maximum Gasteiger partial charge on any atom is 0.434 e. The van der Waals surface area contributed by atoms with E-state index < -0.39 is 40.2 Å². The average molecular weight is 267 g/mol. The maximum absolute atomic E-state index is 12.4. The number of aromatic nitrogens is 1. The largest absolute Gasteiger partial charge is 0.434 e. The Labute approximate surface area is 95.6 Å². The Balaban J connectivity index is 3.64. The van der Waals surface area contributed by atoms with E-state index in [0.717, 1.165) is 6.07 Å². The zero-order valence-electron chi connectivity index (χ0n) is 8.20. The molecule has 1 heterocycles. The number of nitriles is 1. The molecule has 1 aromatic heterocycles. The lowest BCUT2D eigenvalue weighted by atomic mass is 10.1. The van der Waals surface area contributed by atoms with Crippen LogP contribution in [0, 0.1) is 21.4 Å². The van der Waals surface area contributed by atoms with Gasteiger partial charge in [0.1, 0.15) is 6.07 Å². The van der Waals surface area contributed by atoms with E-state index in [4.69, 9.17) is 5.26 Å². The van der Waals surface area contributed by atoms with Crippen LogP contribution in [0.2, 0.25) is 0 Å². The fourth-order valence-electron chi connectivity index (χ4n) is 1.13. The summed E-state index contributed by atoms with van der Waals surface area (Å²) in [6.07, 6.45) is -8.71. The van der Waals surface area contributed by atoms with Crippen LogP contribution in [-0.4, -0.2) is 9.91 Å². The van der Waals surface area contributed by atoms with Crippen molar-refractivity contribution in [3.05, 3.63) is 33.1 Å². The fourth-order valence-corrected chi connectivity index (χ4v) is 1.13. The first-order valence-corrected chi connectivity index (χ1v) is 4.13. The molecule has 5 nitrogen and oxygen atoms in total. The van der Waals surface area contributed by atoms with E-state index in [1.165, 1.54) is 0 Å². The Kier molecular flexibility index (Phi) is 3.45. The first-order valence-electron chi connectivity index (χ1n) is 4.13. The molecule has 18 heavy (non-hydrogen) atoms. The second-order valence-corrected chi connectivity index (χ2v) is 2.96. The van der Waals surface area contributed by atoms with Gasteiger partial charge >= 0.3 is 6.18 Å². The molecule has 0 radical (unpaired) electrons. The number of pyridine rings is 1. The van der Waals surface area contributed by atoms with Crippen molar-refractivity contribution in [1.82, 2.24) is 4.98 Å². The Morgan fingerprint density at radius 3 is 2.33 bits per heavy atom. The summed E-state index contributed by atoms with van der Waals surface area (Å²) in [4.78, 5) is 11.6. The molecule has 0 N–H and O–H groups in total. The number of halogens is 5. The van der Waals surface area contributed by atoms with Crippen LogP contribution < -0.4 is 0 Å². The van der Waals surface area contributed by atoms with Crippen molar-refractivity contribution in [3.63, 3.8) is 0 Å². The second kappa shape index (κ2) is 4.52. The highest BCUT2D eigenvalue weighted by Gasteiger charge is 2.39. The predicted molar refractivity (Wildman–Crippen MR) is 45.6 cm³/mol. The van der Waals surface area contributed by atoms with Crippen LogP contribution >= 0.6 is 0 Å². The molecule has 0 aromatic carbocycles. The van der Waals surface area contributed by atoms with Gasteiger partial charge in [0.15, 0.2) is 11.4 Å². The highest BCUT2D eigenvalue weighted by atomic mass is 19.4. The van der Waals surface area contributed by atoms with Crippen molar-refractivity contribution in [2.45, 2.75) is 12.6 Å². The van der Waals surface area contributed by atoms with Gasteiger partial charge in [0.05, 0.1) is 10.5 Å². The van der Waals surface area contributed by atoms with Gasteiger partial charge in [-0.1, -0.05) is 0 Å². The lowest BCUT2D eigenvalue weighted by Gasteiger charge is -2.09. The molecule has 0 amide bonds. The SMILES string of the molecule is N#Cc1cc([N+](=O)[O-])c(C(F)F)nc1C(F)(F)F. The van der Waals surface area contributed by atoms with Gasteiger partial charge < -0.3 is 0 Å². The standard InChI is InChI=1S/C8H2F5N3O2/c9-7(10)5-4(16(17)18)1-3(2-14)6(15-5)8(11,12)13/h1,7H. The Morgan fingerprint density at radius 1 is 1.44 bits per heavy atom. The number of rotatable bonds is 2. The van der Waals surface area contributed by atoms with Gasteiger partial charge in [0.2, 0.25) is 0 Å². The van der Waals surface area contributed by atoms with Crippen LogP contribution in [0.15, 0.2) is 6.07 Å². The summed E-state index contributed by atoms with van der Waals surface area (Å²) >= 11 is 0. The summed E-state index contributed by atoms with van der Waals surface area (Å²) in [5.74, 6) is 0. The molecule has 0 unspecified atom stereocenters. The first kappa shape index (κ1) is 13.8. The molecule has 0 bridgehead atoms. The molecular weight excluding hydrogens is 265 g/mol. The Hall–Kier alpha value is -2.31. The Morgan fingerprint density at radius 2 is 2.00 bits per heavy atom. The van der Waals surface area contributed by atoms with Crippen LogP contribution in [0.1, 0.15) is 23.4 Å². The fraction of sp³-hybridized carbons (Fsp3) is 0.250. The van der Waals surface area contributed by atoms with Crippen molar-refractivity contribution >= 4 is 5.69 Å². The van der Waals surface area contributed by atoms with Crippen molar-refractivity contribution in [3.8, 4) is 6.07 Å². The third-order valence-electron chi connectivity index (χ3n) is 1.82. The average Bonchev–Trinajstić information content (AvgIpc) is 2.25. The van der Waals surface area contributed by atoms with E-state index >= 15 is 0 Å². The Bertz CT molecular complexity index is 535. The molecule has 10 heteroatoms. The zero-order chi connectivity index (χ0) is 14.1.